The van der Waals surface area contributed by atoms with Gasteiger partial charge in [0.05, 0.1) is 35.2 Å². The Morgan fingerprint density at radius 2 is 0.934 bits per heavy atom. The van der Waals surface area contributed by atoms with E-state index in [1.54, 1.807) is 46.2 Å². The number of nitrogens with zero attached hydrogens (tertiary/aromatic N) is 2. The van der Waals surface area contributed by atoms with Crippen LogP contribution in [0, 0.1) is 27.7 Å². The molecule has 0 spiro atoms. The molecule has 2 aromatic heterocycles. The Morgan fingerprint density at radius 3 is 1.37 bits per heavy atom. The average Bonchev–Trinajstić information content (AvgIpc) is 1.55. The number of hydrogen-bond acceptors (Lipinski definition) is 14. The third-order valence-corrected chi connectivity index (χ3v) is 16.9. The molecule has 464 valence electrons. The summed E-state index contributed by atoms with van der Waals surface area (Å²) in [5.74, 6) is -3.18. The van der Waals surface area contributed by atoms with Crippen LogP contribution in [0.1, 0.15) is 119 Å². The van der Waals surface area contributed by atoms with Gasteiger partial charge < -0.3 is 67.8 Å². The Hall–Kier alpha value is -10.5. The van der Waals surface area contributed by atoms with Gasteiger partial charge in [0.15, 0.2) is 6.10 Å². The van der Waals surface area contributed by atoms with E-state index in [0.29, 0.717) is 63.0 Å². The van der Waals surface area contributed by atoms with Crippen molar-refractivity contribution in [3.05, 3.63) is 200 Å². The number of fused-ring (bicyclic) bond motifs is 8. The third kappa shape index (κ3) is 11.8. The molecule has 2 aliphatic heterocycles. The van der Waals surface area contributed by atoms with Crippen molar-refractivity contribution in [1.82, 2.24) is 9.97 Å². The lowest BCUT2D eigenvalue weighted by Gasteiger charge is -2.21. The molecule has 4 heterocycles. The number of aromatic amines is 2. The summed E-state index contributed by atoms with van der Waals surface area (Å²) in [6, 6.07) is 38.9. The van der Waals surface area contributed by atoms with Crippen LogP contribution in [0.3, 0.4) is 0 Å². The number of carbonyl (C=O) groups excluding carboxylic acids is 7. The fraction of sp³-hybridized carbons (Fsp3) is 0.225. The first-order chi connectivity index (χ1) is 43.4. The number of amides is 4. The van der Waals surface area contributed by atoms with Crippen molar-refractivity contribution < 1.29 is 52.9 Å². The van der Waals surface area contributed by atoms with Crippen LogP contribution in [0.15, 0.2) is 133 Å². The molecule has 5 unspecified atom stereocenters. The molecule has 4 amide bonds. The number of hydrogen-bond donors (Lipinski definition) is 8. The molecule has 91 heavy (non-hydrogen) atoms. The number of nitrogens with two attached hydrogens (primary N) is 5. The van der Waals surface area contributed by atoms with Crippen molar-refractivity contribution in [3.63, 3.8) is 0 Å². The molecule has 13 N–H and O–H groups in total. The van der Waals surface area contributed by atoms with E-state index >= 15 is 0 Å². The highest BCUT2D eigenvalue weighted by molar-refractivity contribution is 6.22. The minimum atomic E-state index is -1.07. The first-order valence-corrected chi connectivity index (χ1v) is 29.7. The third-order valence-electron chi connectivity index (χ3n) is 16.9. The second-order valence-electron chi connectivity index (χ2n) is 23.5. The van der Waals surface area contributed by atoms with E-state index in [2.05, 4.69) is 9.97 Å². The lowest BCUT2D eigenvalue weighted by Crippen LogP contribution is -2.33. The molecular formula is C71H69N9O11. The fourth-order valence-electron chi connectivity index (χ4n) is 12.1. The molecule has 8 aromatic carbocycles. The quantitative estimate of drug-likeness (QED) is 0.0330. The monoisotopic (exact) mass is 1220 g/mol. The lowest BCUT2D eigenvalue weighted by molar-refractivity contribution is -0.160. The summed E-state index contributed by atoms with van der Waals surface area (Å²) in [7, 11) is 0. The van der Waals surface area contributed by atoms with Crippen molar-refractivity contribution >= 4 is 96.5 Å². The molecule has 0 bridgehead atoms. The van der Waals surface area contributed by atoms with Gasteiger partial charge in [0, 0.05) is 55.1 Å². The topological polar surface area (TPSA) is 336 Å². The van der Waals surface area contributed by atoms with E-state index in [9.17, 15) is 38.7 Å². The molecule has 0 saturated carbocycles. The van der Waals surface area contributed by atoms with Crippen LogP contribution >= 0.6 is 0 Å². The highest BCUT2D eigenvalue weighted by Crippen LogP contribution is 2.44. The maximum atomic E-state index is 13.5. The Labute approximate surface area is 523 Å². The largest absolute Gasteiger partial charge is 0.461 e. The zero-order chi connectivity index (χ0) is 65.0. The van der Waals surface area contributed by atoms with Gasteiger partial charge in [-0.1, -0.05) is 96.1 Å². The Morgan fingerprint density at radius 1 is 0.505 bits per heavy atom. The summed E-state index contributed by atoms with van der Waals surface area (Å²) in [6.45, 7) is 12.9. The number of benzene rings is 8. The van der Waals surface area contributed by atoms with Gasteiger partial charge in [-0.2, -0.15) is 0 Å². The second kappa shape index (κ2) is 24.8. The zero-order valence-electron chi connectivity index (χ0n) is 51.2. The number of aliphatic hydroxyl groups is 1. The normalized spacial score (nSPS) is 14.4. The highest BCUT2D eigenvalue weighted by atomic mass is 16.6. The summed E-state index contributed by atoms with van der Waals surface area (Å²) in [5.41, 5.74) is 45.0. The minimum Gasteiger partial charge on any atom is -0.461 e. The van der Waals surface area contributed by atoms with Crippen molar-refractivity contribution in [2.75, 3.05) is 23.0 Å². The van der Waals surface area contributed by atoms with E-state index in [-0.39, 0.29) is 25.0 Å². The summed E-state index contributed by atoms with van der Waals surface area (Å²) in [6.07, 6.45) is -2.04. The Balaban J connectivity index is 0.000000188. The first-order valence-electron chi connectivity index (χ1n) is 29.7. The van der Waals surface area contributed by atoms with E-state index in [1.165, 1.54) is 20.8 Å². The molecule has 10 aromatic rings. The van der Waals surface area contributed by atoms with Gasteiger partial charge in [0.2, 0.25) is 0 Å². The number of carbonyl (C=O) groups is 7. The Bertz CT molecular complexity index is 4680. The van der Waals surface area contributed by atoms with E-state index < -0.39 is 60.1 Å². The van der Waals surface area contributed by atoms with Crippen LogP contribution < -0.4 is 38.5 Å². The van der Waals surface area contributed by atoms with Crippen LogP contribution in [0.4, 0.5) is 11.4 Å². The van der Waals surface area contributed by atoms with Crippen LogP contribution in [-0.4, -0.2) is 88.0 Å². The van der Waals surface area contributed by atoms with Crippen LogP contribution in [0.5, 0.6) is 0 Å². The SMILES string of the molecule is Cc1ccc2c(c1)C(=O)N(c1cccc(-c3ccc(C(N)=O)c4[nH]c5cc(C(COC(=O)C(C)N)OC(=O)C(C)N)ccc5c34)c1C)C2.Cc1ccc2c(c1)C(=O)N(c1cccc(-c3ccc(C(N)=O)c4[nH]c5cc(C(O)COC(=O)C(C)N)ccc5c34)c1C)C2. The molecule has 0 radical (unpaired) electrons. The highest BCUT2D eigenvalue weighted by Gasteiger charge is 2.33. The van der Waals surface area contributed by atoms with Gasteiger partial charge in [-0.15, -0.1) is 0 Å². The van der Waals surface area contributed by atoms with Crippen molar-refractivity contribution in [2.24, 2.45) is 28.7 Å². The number of primary amides is 2. The molecule has 2 aliphatic rings. The molecular weight excluding hydrogens is 1150 g/mol. The lowest BCUT2D eigenvalue weighted by atomic mass is 9.93. The predicted octanol–water partition coefficient (Wildman–Crippen LogP) is 9.47. The second-order valence-corrected chi connectivity index (χ2v) is 23.5. The maximum absolute atomic E-state index is 13.5. The number of rotatable bonds is 16. The van der Waals surface area contributed by atoms with Crippen molar-refractivity contribution in [1.29, 1.82) is 0 Å². The predicted molar refractivity (Wildman–Crippen MR) is 349 cm³/mol. The van der Waals surface area contributed by atoms with Crippen LogP contribution in [0.25, 0.3) is 65.9 Å². The fourth-order valence-corrected chi connectivity index (χ4v) is 12.1. The van der Waals surface area contributed by atoms with E-state index in [1.807, 2.05) is 125 Å². The average molecular weight is 1220 g/mol. The molecule has 5 atom stereocenters. The summed E-state index contributed by atoms with van der Waals surface area (Å²) in [4.78, 5) is 98.7. The Kier molecular flexibility index (Phi) is 16.9. The summed E-state index contributed by atoms with van der Waals surface area (Å²) < 4.78 is 16.0. The summed E-state index contributed by atoms with van der Waals surface area (Å²) in [5, 5.41) is 13.8. The summed E-state index contributed by atoms with van der Waals surface area (Å²) >= 11 is 0. The number of aromatic nitrogens is 2. The minimum absolute atomic E-state index is 0.0297. The van der Waals surface area contributed by atoms with E-state index in [4.69, 9.17) is 42.9 Å². The number of aryl methyl sites for hydroxylation is 2. The van der Waals surface area contributed by atoms with Gasteiger partial charge >= 0.3 is 17.9 Å². The van der Waals surface area contributed by atoms with Crippen LogP contribution in [0.2, 0.25) is 0 Å². The smallest absolute Gasteiger partial charge is 0.323 e. The van der Waals surface area contributed by atoms with Gasteiger partial charge in [0.25, 0.3) is 23.6 Å². The van der Waals surface area contributed by atoms with Gasteiger partial charge in [-0.05, 0) is 153 Å². The molecule has 20 heteroatoms. The van der Waals surface area contributed by atoms with Gasteiger partial charge in [-0.3, -0.25) is 33.6 Å². The number of esters is 3. The number of H-pyrrole nitrogens is 2. The van der Waals surface area contributed by atoms with Crippen molar-refractivity contribution in [2.45, 2.75) is 91.9 Å². The maximum Gasteiger partial charge on any atom is 0.323 e. The number of anilines is 2. The van der Waals surface area contributed by atoms with Crippen molar-refractivity contribution in [3.8, 4) is 22.3 Å². The number of aliphatic hydroxyl groups excluding tert-OH is 1. The van der Waals surface area contributed by atoms with Crippen LogP contribution in [-0.2, 0) is 41.7 Å². The zero-order valence-corrected chi connectivity index (χ0v) is 51.2. The molecule has 20 nitrogen and oxygen atoms in total. The molecule has 0 aliphatic carbocycles. The number of nitrogens with one attached hydrogen (secondary N) is 2. The standard InChI is InChI=1S/C37H37N5O6.C34H32N4O5/c1-18-8-9-23-16-42(35(44)28(23)14-18)30-7-5-6-24(19(30)2)25-12-13-27(34(40)43)33-32(25)26-11-10-22(15-29(26)41-33)31(48-37(46)21(4)39)17-47-36(45)20(3)38;1-17-7-8-21-15-38(33(41)26(21)13-17)28-6-4-5-22(18(28)2)23-11-12-25(32(36)40)31-30(23)24-10-9-20(14-27(24)37-31)29(39)16-43-34(42)19(3)35/h5-15,20-21,31,41H,16-17,38-39H2,1-4H3,(H2,40,43);4-14,19,29,37,39H,15-16,35H2,1-3H3,(H2,36,40). The molecule has 0 fully saturated rings. The number of ether oxygens (including phenoxy) is 3. The van der Waals surface area contributed by atoms with E-state index in [0.717, 1.165) is 94.1 Å². The molecule has 0 saturated heterocycles. The van der Waals surface area contributed by atoms with Gasteiger partial charge in [-0.25, -0.2) is 0 Å². The van der Waals surface area contributed by atoms with Gasteiger partial charge in [0.1, 0.15) is 37.4 Å². The molecule has 12 rings (SSSR count). The first kappa shape index (κ1) is 62.1.